The average molecular weight is 548 g/mol. The van der Waals surface area contributed by atoms with E-state index in [1.807, 2.05) is 68.4 Å². The Morgan fingerprint density at radius 1 is 1.02 bits per heavy atom. The molecule has 40 heavy (non-hydrogen) atoms. The SMILES string of the molecule is CCOc1nn(-c2ccccc2)c(NC(=O)N[C@@H]2CN(c3ccccc3OC)C[C@H]2c2ccc(F)c(F)c2)c1C. The number of carbonyl (C=O) groups excluding carboxylic acids is 1. The van der Waals surface area contributed by atoms with Crippen molar-refractivity contribution in [3.8, 4) is 17.3 Å². The van der Waals surface area contributed by atoms with E-state index in [9.17, 15) is 13.6 Å². The Labute approximate surface area is 231 Å². The van der Waals surface area contributed by atoms with Crippen LogP contribution in [0, 0.1) is 18.6 Å². The first kappa shape index (κ1) is 27.0. The van der Waals surface area contributed by atoms with E-state index in [0.717, 1.165) is 17.4 Å². The van der Waals surface area contributed by atoms with Crippen LogP contribution in [-0.2, 0) is 0 Å². The zero-order valence-corrected chi connectivity index (χ0v) is 22.5. The van der Waals surface area contributed by atoms with Crippen molar-refractivity contribution in [2.45, 2.75) is 25.8 Å². The molecule has 0 aliphatic carbocycles. The molecule has 1 saturated heterocycles. The van der Waals surface area contributed by atoms with Gasteiger partial charge in [-0.15, -0.1) is 5.10 Å². The van der Waals surface area contributed by atoms with Gasteiger partial charge in [0.05, 0.1) is 36.7 Å². The summed E-state index contributed by atoms with van der Waals surface area (Å²) in [5, 5.41) is 10.6. The molecule has 2 amide bonds. The summed E-state index contributed by atoms with van der Waals surface area (Å²) in [5.74, 6) is -0.587. The molecule has 1 aliphatic rings. The fourth-order valence-corrected chi connectivity index (χ4v) is 5.08. The van der Waals surface area contributed by atoms with E-state index in [4.69, 9.17) is 9.47 Å². The highest BCUT2D eigenvalue weighted by molar-refractivity contribution is 5.90. The average Bonchev–Trinajstić information content (AvgIpc) is 3.52. The van der Waals surface area contributed by atoms with E-state index in [0.29, 0.717) is 48.3 Å². The van der Waals surface area contributed by atoms with Crippen LogP contribution in [0.25, 0.3) is 5.69 Å². The van der Waals surface area contributed by atoms with Crippen LogP contribution in [0.2, 0.25) is 0 Å². The van der Waals surface area contributed by atoms with Gasteiger partial charge in [-0.1, -0.05) is 36.4 Å². The second kappa shape index (κ2) is 11.6. The maximum Gasteiger partial charge on any atom is 0.320 e. The Balaban J connectivity index is 1.43. The minimum Gasteiger partial charge on any atom is -0.495 e. The van der Waals surface area contributed by atoms with Gasteiger partial charge in [0.1, 0.15) is 11.6 Å². The van der Waals surface area contributed by atoms with Gasteiger partial charge < -0.3 is 19.7 Å². The summed E-state index contributed by atoms with van der Waals surface area (Å²) >= 11 is 0. The van der Waals surface area contributed by atoms with Crippen LogP contribution < -0.4 is 25.0 Å². The van der Waals surface area contributed by atoms with Gasteiger partial charge in [-0.2, -0.15) is 0 Å². The van der Waals surface area contributed by atoms with Crippen LogP contribution >= 0.6 is 0 Å². The van der Waals surface area contributed by atoms with Crippen molar-refractivity contribution in [1.82, 2.24) is 15.1 Å². The smallest absolute Gasteiger partial charge is 0.320 e. The van der Waals surface area contributed by atoms with Gasteiger partial charge in [0.2, 0.25) is 5.88 Å². The number of rotatable bonds is 8. The highest BCUT2D eigenvalue weighted by Crippen LogP contribution is 2.36. The van der Waals surface area contributed by atoms with Crippen LogP contribution in [0.4, 0.5) is 25.1 Å². The number of anilines is 2. The number of carbonyl (C=O) groups is 1. The van der Waals surface area contributed by atoms with Gasteiger partial charge in [0, 0.05) is 19.0 Å². The summed E-state index contributed by atoms with van der Waals surface area (Å²) < 4.78 is 40.8. The predicted molar refractivity (Wildman–Crippen MR) is 150 cm³/mol. The first-order valence-corrected chi connectivity index (χ1v) is 13.1. The van der Waals surface area contributed by atoms with E-state index in [1.165, 1.54) is 6.07 Å². The molecule has 0 radical (unpaired) electrons. The number of methoxy groups -OCH3 is 1. The third kappa shape index (κ3) is 5.42. The summed E-state index contributed by atoms with van der Waals surface area (Å²) in [7, 11) is 1.60. The fraction of sp³-hybridized carbons (Fsp3) is 0.267. The van der Waals surface area contributed by atoms with Gasteiger partial charge in [-0.25, -0.2) is 18.3 Å². The number of nitrogens with one attached hydrogen (secondary N) is 2. The Hall–Kier alpha value is -4.60. The maximum absolute atomic E-state index is 14.2. The van der Waals surface area contributed by atoms with E-state index in [-0.39, 0.29) is 5.92 Å². The number of para-hydroxylation sites is 3. The van der Waals surface area contributed by atoms with Crippen molar-refractivity contribution in [2.24, 2.45) is 0 Å². The molecule has 10 heteroatoms. The number of nitrogens with zero attached hydrogens (tertiary/aromatic N) is 3. The highest BCUT2D eigenvalue weighted by atomic mass is 19.2. The lowest BCUT2D eigenvalue weighted by Gasteiger charge is -2.21. The number of hydrogen-bond acceptors (Lipinski definition) is 5. The van der Waals surface area contributed by atoms with E-state index in [1.54, 1.807) is 17.9 Å². The van der Waals surface area contributed by atoms with Crippen molar-refractivity contribution in [2.75, 3.05) is 37.0 Å². The molecule has 208 valence electrons. The molecule has 4 aromatic rings. The normalized spacial score (nSPS) is 16.6. The van der Waals surface area contributed by atoms with Crippen molar-refractivity contribution in [3.05, 3.63) is 95.6 Å². The first-order valence-electron chi connectivity index (χ1n) is 13.1. The molecule has 1 aromatic heterocycles. The van der Waals surface area contributed by atoms with Crippen molar-refractivity contribution in [3.63, 3.8) is 0 Å². The van der Waals surface area contributed by atoms with Gasteiger partial charge in [-0.05, 0) is 55.8 Å². The Bertz CT molecular complexity index is 1490. The number of ether oxygens (including phenoxy) is 2. The summed E-state index contributed by atoms with van der Waals surface area (Å²) in [5.41, 5.74) is 2.88. The van der Waals surface area contributed by atoms with Crippen molar-refractivity contribution < 1.29 is 23.0 Å². The molecule has 1 fully saturated rings. The number of hydrogen-bond donors (Lipinski definition) is 2. The maximum atomic E-state index is 14.2. The van der Waals surface area contributed by atoms with Crippen molar-refractivity contribution >= 4 is 17.5 Å². The molecule has 0 saturated carbocycles. The molecule has 2 N–H and O–H groups in total. The Morgan fingerprint density at radius 2 is 1.77 bits per heavy atom. The second-order valence-electron chi connectivity index (χ2n) is 9.52. The van der Waals surface area contributed by atoms with Crippen LogP contribution in [-0.4, -0.2) is 48.7 Å². The number of aromatic nitrogens is 2. The van der Waals surface area contributed by atoms with Gasteiger partial charge >= 0.3 is 6.03 Å². The zero-order chi connectivity index (χ0) is 28.2. The molecule has 0 unspecified atom stereocenters. The lowest BCUT2D eigenvalue weighted by molar-refractivity contribution is 0.248. The highest BCUT2D eigenvalue weighted by Gasteiger charge is 2.36. The van der Waals surface area contributed by atoms with Crippen LogP contribution in [0.3, 0.4) is 0 Å². The molecular weight excluding hydrogens is 516 g/mol. The Kier molecular flexibility index (Phi) is 7.86. The van der Waals surface area contributed by atoms with Crippen LogP contribution in [0.15, 0.2) is 72.8 Å². The third-order valence-electron chi connectivity index (χ3n) is 7.03. The fourth-order valence-electron chi connectivity index (χ4n) is 5.08. The molecule has 5 rings (SSSR count). The number of urea groups is 1. The molecule has 8 nitrogen and oxygen atoms in total. The largest absolute Gasteiger partial charge is 0.495 e. The lowest BCUT2D eigenvalue weighted by Crippen LogP contribution is -2.42. The molecule has 2 heterocycles. The summed E-state index contributed by atoms with van der Waals surface area (Å²) in [4.78, 5) is 15.5. The monoisotopic (exact) mass is 547 g/mol. The second-order valence-corrected chi connectivity index (χ2v) is 9.52. The molecule has 0 bridgehead atoms. The van der Waals surface area contributed by atoms with Gasteiger partial charge in [0.25, 0.3) is 0 Å². The minimum absolute atomic E-state index is 0.315. The molecule has 2 atom stereocenters. The topological polar surface area (TPSA) is 80.6 Å². The van der Waals surface area contributed by atoms with Crippen LogP contribution in [0.1, 0.15) is 24.0 Å². The number of amides is 2. The third-order valence-corrected chi connectivity index (χ3v) is 7.03. The summed E-state index contributed by atoms with van der Waals surface area (Å²) in [6.45, 7) is 5.02. The first-order chi connectivity index (χ1) is 19.4. The zero-order valence-electron chi connectivity index (χ0n) is 22.5. The van der Waals surface area contributed by atoms with Gasteiger partial charge in [-0.3, -0.25) is 5.32 Å². The van der Waals surface area contributed by atoms with E-state index >= 15 is 0 Å². The quantitative estimate of drug-likeness (QED) is 0.298. The standard InChI is InChI=1S/C30H31F2N5O3/c1-4-40-29-19(2)28(37(35-29)21-10-6-5-7-11-21)34-30(38)33-25-18-36(26-12-8-9-13-27(26)39-3)17-22(25)20-14-15-23(31)24(32)16-20/h5-16,22,25H,4,17-18H2,1-3H3,(H2,33,34,38)/t22-,25+/m0/s1. The minimum atomic E-state index is -0.928. The lowest BCUT2D eigenvalue weighted by atomic mass is 9.94. The predicted octanol–water partition coefficient (Wildman–Crippen LogP) is 5.66. The molecule has 1 aliphatic heterocycles. The molecule has 0 spiro atoms. The molecular formula is C30H31F2N5O3. The Morgan fingerprint density at radius 3 is 2.50 bits per heavy atom. The van der Waals surface area contributed by atoms with Crippen LogP contribution in [0.5, 0.6) is 11.6 Å². The van der Waals surface area contributed by atoms with E-state index < -0.39 is 23.7 Å². The number of halogens is 2. The van der Waals surface area contributed by atoms with Gasteiger partial charge in [0.15, 0.2) is 11.6 Å². The number of benzene rings is 3. The molecule has 3 aromatic carbocycles. The summed E-state index contributed by atoms with van der Waals surface area (Å²) in [6.07, 6.45) is 0. The summed E-state index contributed by atoms with van der Waals surface area (Å²) in [6, 6.07) is 20.0. The van der Waals surface area contributed by atoms with E-state index in [2.05, 4.69) is 20.6 Å². The van der Waals surface area contributed by atoms with Crippen molar-refractivity contribution in [1.29, 1.82) is 0 Å².